The van der Waals surface area contributed by atoms with E-state index in [0.717, 1.165) is 5.69 Å². The molecule has 0 spiro atoms. The topological polar surface area (TPSA) is 9.86 Å². The number of aromatic nitrogens is 2. The molecule has 0 saturated carbocycles. The molecule has 0 aliphatic carbocycles. The number of nitrogens with zero attached hydrogens (tertiary/aromatic N) is 2. The van der Waals surface area contributed by atoms with Crippen molar-refractivity contribution in [3.05, 3.63) is 182 Å². The average molecular weight is 667 g/mol. The first kappa shape index (κ1) is 28.4. The second kappa shape index (κ2) is 11.0. The lowest BCUT2D eigenvalue weighted by Gasteiger charge is -2.12. The highest BCUT2D eigenvalue weighted by atomic mass is 32.1. The third kappa shape index (κ3) is 4.29. The van der Waals surface area contributed by atoms with Gasteiger partial charge in [0.05, 0.1) is 22.1 Å². The molecular weight excluding hydrogens is 637 g/mol. The number of thiophene rings is 1. The minimum atomic E-state index is 1.15. The number of hydrogen-bond acceptors (Lipinski definition) is 1. The monoisotopic (exact) mass is 666 g/mol. The van der Waals surface area contributed by atoms with Crippen LogP contribution in [0.2, 0.25) is 0 Å². The van der Waals surface area contributed by atoms with E-state index in [2.05, 4.69) is 191 Å². The molecule has 3 aromatic heterocycles. The van der Waals surface area contributed by atoms with Crippen LogP contribution in [0.5, 0.6) is 0 Å². The summed E-state index contributed by atoms with van der Waals surface area (Å²) in [4.78, 5) is 0. The molecule has 3 heterocycles. The van der Waals surface area contributed by atoms with Crippen LogP contribution in [0.25, 0.3) is 97.4 Å². The van der Waals surface area contributed by atoms with Crippen LogP contribution in [-0.4, -0.2) is 9.13 Å². The van der Waals surface area contributed by atoms with E-state index in [1.165, 1.54) is 91.7 Å². The summed E-state index contributed by atoms with van der Waals surface area (Å²) in [6.45, 7) is 0. The Bertz CT molecular complexity index is 3100. The molecule has 0 aliphatic rings. The van der Waals surface area contributed by atoms with Crippen LogP contribution in [0.4, 0.5) is 0 Å². The third-order valence-electron chi connectivity index (χ3n) is 10.5. The van der Waals surface area contributed by atoms with Gasteiger partial charge in [-0.2, -0.15) is 0 Å². The summed E-state index contributed by atoms with van der Waals surface area (Å²) in [5, 5.41) is 7.70. The van der Waals surface area contributed by atoms with Gasteiger partial charge in [0.2, 0.25) is 0 Å². The number of para-hydroxylation sites is 3. The van der Waals surface area contributed by atoms with Crippen LogP contribution < -0.4 is 0 Å². The Morgan fingerprint density at radius 1 is 0.314 bits per heavy atom. The van der Waals surface area contributed by atoms with Crippen molar-refractivity contribution in [3.8, 4) is 33.6 Å². The van der Waals surface area contributed by atoms with Crippen LogP contribution in [-0.2, 0) is 0 Å². The van der Waals surface area contributed by atoms with Gasteiger partial charge in [0, 0.05) is 53.1 Å². The van der Waals surface area contributed by atoms with Crippen molar-refractivity contribution < 1.29 is 0 Å². The molecule has 0 amide bonds. The summed E-state index contributed by atoms with van der Waals surface area (Å²) >= 11 is 1.88. The third-order valence-corrected chi connectivity index (χ3v) is 11.7. The van der Waals surface area contributed by atoms with E-state index in [9.17, 15) is 0 Å². The molecule has 0 bridgehead atoms. The van der Waals surface area contributed by atoms with Crippen molar-refractivity contribution in [1.82, 2.24) is 9.13 Å². The summed E-state index contributed by atoms with van der Waals surface area (Å²) in [5.74, 6) is 0. The van der Waals surface area contributed by atoms with Crippen molar-refractivity contribution in [3.63, 3.8) is 0 Å². The molecule has 51 heavy (non-hydrogen) atoms. The fourth-order valence-corrected chi connectivity index (χ4v) is 9.48. The Kier molecular flexibility index (Phi) is 6.16. The standard InChI is InChI=1S/C48H30N2S/c1-5-22-43-37(16-1)38-17-2-6-23-44(38)50(43)35-26-27-46-42(30-35)39-18-3-7-24-45(39)49(46)34-15-10-13-32(29-34)31-12-9-14-33(28-31)36-20-11-21-41-40-19-4-8-25-47(40)51-48(36)41/h1-30H. The summed E-state index contributed by atoms with van der Waals surface area (Å²) in [6.07, 6.45) is 0. The van der Waals surface area contributed by atoms with Crippen LogP contribution in [0.3, 0.4) is 0 Å². The molecule has 0 unspecified atom stereocenters. The summed E-state index contributed by atoms with van der Waals surface area (Å²) < 4.78 is 7.50. The zero-order valence-electron chi connectivity index (χ0n) is 27.6. The van der Waals surface area contributed by atoms with E-state index >= 15 is 0 Å². The van der Waals surface area contributed by atoms with Crippen molar-refractivity contribution in [2.24, 2.45) is 0 Å². The number of fused-ring (bicyclic) bond motifs is 9. The maximum absolute atomic E-state index is 2.42. The van der Waals surface area contributed by atoms with Gasteiger partial charge < -0.3 is 9.13 Å². The quantitative estimate of drug-likeness (QED) is 0.177. The zero-order chi connectivity index (χ0) is 33.5. The first-order valence-corrected chi connectivity index (χ1v) is 18.3. The maximum Gasteiger partial charge on any atom is 0.0542 e. The van der Waals surface area contributed by atoms with Crippen LogP contribution >= 0.6 is 11.3 Å². The lowest BCUT2D eigenvalue weighted by Crippen LogP contribution is -1.96. The molecule has 0 aliphatic heterocycles. The van der Waals surface area contributed by atoms with Gasteiger partial charge in [-0.1, -0.05) is 121 Å². The molecule has 0 radical (unpaired) electrons. The average Bonchev–Trinajstić information content (AvgIpc) is 3.86. The minimum Gasteiger partial charge on any atom is -0.309 e. The highest BCUT2D eigenvalue weighted by molar-refractivity contribution is 7.26. The number of benzene rings is 8. The molecule has 11 rings (SSSR count). The first-order chi connectivity index (χ1) is 25.3. The van der Waals surface area contributed by atoms with E-state index in [1.54, 1.807) is 0 Å². The van der Waals surface area contributed by atoms with Crippen molar-refractivity contribution in [2.45, 2.75) is 0 Å². The van der Waals surface area contributed by atoms with Gasteiger partial charge in [0.15, 0.2) is 0 Å². The summed E-state index contributed by atoms with van der Waals surface area (Å²) in [5.41, 5.74) is 12.1. The predicted molar refractivity (Wildman–Crippen MR) is 219 cm³/mol. The van der Waals surface area contributed by atoms with E-state index in [4.69, 9.17) is 0 Å². The highest BCUT2D eigenvalue weighted by Gasteiger charge is 2.17. The van der Waals surface area contributed by atoms with Crippen LogP contribution in [0, 0.1) is 0 Å². The molecular formula is C48H30N2S. The zero-order valence-corrected chi connectivity index (χ0v) is 28.4. The minimum absolute atomic E-state index is 1.15. The van der Waals surface area contributed by atoms with Gasteiger partial charge in [-0.25, -0.2) is 0 Å². The fraction of sp³-hybridized carbons (Fsp3) is 0. The molecule has 0 saturated heterocycles. The van der Waals surface area contributed by atoms with Crippen molar-refractivity contribution in [1.29, 1.82) is 0 Å². The van der Waals surface area contributed by atoms with E-state index in [0.29, 0.717) is 0 Å². The first-order valence-electron chi connectivity index (χ1n) is 17.4. The van der Waals surface area contributed by atoms with E-state index in [-0.39, 0.29) is 0 Å². The molecule has 238 valence electrons. The molecule has 11 aromatic rings. The summed E-state index contributed by atoms with van der Waals surface area (Å²) in [6, 6.07) is 66.6. The second-order valence-electron chi connectivity index (χ2n) is 13.3. The highest BCUT2D eigenvalue weighted by Crippen LogP contribution is 2.41. The van der Waals surface area contributed by atoms with Gasteiger partial charge in [-0.3, -0.25) is 0 Å². The lowest BCUT2D eigenvalue weighted by molar-refractivity contribution is 1.17. The Morgan fingerprint density at radius 2 is 0.824 bits per heavy atom. The Balaban J connectivity index is 1.06. The lowest BCUT2D eigenvalue weighted by atomic mass is 9.97. The molecule has 0 atom stereocenters. The molecule has 3 heteroatoms. The van der Waals surface area contributed by atoms with Gasteiger partial charge in [-0.15, -0.1) is 11.3 Å². The van der Waals surface area contributed by atoms with Crippen molar-refractivity contribution in [2.75, 3.05) is 0 Å². The molecule has 2 nitrogen and oxygen atoms in total. The largest absolute Gasteiger partial charge is 0.309 e. The molecule has 0 fully saturated rings. The fourth-order valence-electron chi connectivity index (χ4n) is 8.24. The van der Waals surface area contributed by atoms with Crippen molar-refractivity contribution >= 4 is 75.1 Å². The number of hydrogen-bond donors (Lipinski definition) is 0. The van der Waals surface area contributed by atoms with Gasteiger partial charge in [-0.05, 0) is 82.9 Å². The molecule has 0 N–H and O–H groups in total. The smallest absolute Gasteiger partial charge is 0.0542 e. The van der Waals surface area contributed by atoms with Gasteiger partial charge >= 0.3 is 0 Å². The SMILES string of the molecule is c1cc(-c2cccc(-n3c4ccccc4c4cc(-n5c6ccccc6c6ccccc65)ccc43)c2)cc(-c2cccc3c2sc2ccccc23)c1. The Labute approximate surface area is 298 Å². The van der Waals surface area contributed by atoms with E-state index < -0.39 is 0 Å². The van der Waals surface area contributed by atoms with Gasteiger partial charge in [0.1, 0.15) is 0 Å². The number of rotatable bonds is 4. The predicted octanol–water partition coefficient (Wildman–Crippen LogP) is 13.6. The van der Waals surface area contributed by atoms with Crippen LogP contribution in [0.15, 0.2) is 182 Å². The normalized spacial score (nSPS) is 11.9. The Morgan fingerprint density at radius 3 is 1.55 bits per heavy atom. The molecule has 8 aromatic carbocycles. The maximum atomic E-state index is 2.42. The summed E-state index contributed by atoms with van der Waals surface area (Å²) in [7, 11) is 0. The Hall–Kier alpha value is -6.42. The second-order valence-corrected chi connectivity index (χ2v) is 14.4. The van der Waals surface area contributed by atoms with Crippen LogP contribution in [0.1, 0.15) is 0 Å². The van der Waals surface area contributed by atoms with Gasteiger partial charge in [0.25, 0.3) is 0 Å². The van der Waals surface area contributed by atoms with E-state index in [1.807, 2.05) is 11.3 Å².